The number of hydrogen-bond acceptors (Lipinski definition) is 3. The highest BCUT2D eigenvalue weighted by Crippen LogP contribution is 2.25. The van der Waals surface area contributed by atoms with Crippen LogP contribution in [0.3, 0.4) is 0 Å². The molecule has 0 aliphatic carbocycles. The Morgan fingerprint density at radius 3 is 2.65 bits per heavy atom. The molecule has 1 heterocycles. The number of halogens is 2. The Kier molecular flexibility index (Phi) is 4.08. The van der Waals surface area contributed by atoms with Crippen LogP contribution >= 0.6 is 11.6 Å². The maximum Gasteiger partial charge on any atom is 0.278 e. The van der Waals surface area contributed by atoms with E-state index < -0.39 is 5.91 Å². The Morgan fingerprint density at radius 2 is 1.91 bits per heavy atom. The van der Waals surface area contributed by atoms with Crippen molar-refractivity contribution in [1.29, 1.82) is 0 Å². The van der Waals surface area contributed by atoms with Crippen molar-refractivity contribution >= 4 is 23.2 Å². The minimum Gasteiger partial charge on any atom is -0.320 e. The first-order chi connectivity index (χ1) is 11.1. The van der Waals surface area contributed by atoms with Crippen LogP contribution in [-0.2, 0) is 0 Å². The molecule has 116 valence electrons. The summed E-state index contributed by atoms with van der Waals surface area (Å²) in [6.45, 7) is 1.81. The van der Waals surface area contributed by atoms with Gasteiger partial charge in [0, 0.05) is 16.3 Å². The summed E-state index contributed by atoms with van der Waals surface area (Å²) in [5.41, 5.74) is 2.41. The van der Waals surface area contributed by atoms with Gasteiger partial charge >= 0.3 is 0 Å². The predicted molar refractivity (Wildman–Crippen MR) is 85.9 cm³/mol. The Bertz CT molecular complexity index is 861. The molecule has 1 aromatic heterocycles. The predicted octanol–water partition coefficient (Wildman–Crippen LogP) is 3.82. The zero-order chi connectivity index (χ0) is 16.4. The second-order valence-corrected chi connectivity index (χ2v) is 5.30. The lowest BCUT2D eigenvalue weighted by Crippen LogP contribution is -2.14. The Labute approximate surface area is 136 Å². The number of H-pyrrole nitrogens is 1. The van der Waals surface area contributed by atoms with E-state index in [4.69, 9.17) is 11.6 Å². The highest BCUT2D eigenvalue weighted by Gasteiger charge is 2.19. The second-order valence-electron chi connectivity index (χ2n) is 4.89. The van der Waals surface area contributed by atoms with Gasteiger partial charge < -0.3 is 5.32 Å². The van der Waals surface area contributed by atoms with Crippen LogP contribution in [0, 0.1) is 12.7 Å². The van der Waals surface area contributed by atoms with Gasteiger partial charge in [0.2, 0.25) is 0 Å². The number of aromatic nitrogens is 3. The van der Waals surface area contributed by atoms with E-state index in [1.807, 2.05) is 6.92 Å². The van der Waals surface area contributed by atoms with Crippen LogP contribution in [0.2, 0.25) is 5.02 Å². The largest absolute Gasteiger partial charge is 0.320 e. The SMILES string of the molecule is Cc1c(Cl)cccc1NC(=O)c1n[nH]nc1-c1ccc(F)cc1. The molecule has 2 aromatic carbocycles. The molecule has 0 saturated carbocycles. The molecule has 0 saturated heterocycles. The number of amides is 1. The highest BCUT2D eigenvalue weighted by molar-refractivity contribution is 6.31. The maximum absolute atomic E-state index is 13.0. The third-order valence-corrected chi connectivity index (χ3v) is 3.81. The van der Waals surface area contributed by atoms with Crippen molar-refractivity contribution in [3.8, 4) is 11.3 Å². The van der Waals surface area contributed by atoms with Gasteiger partial charge in [0.25, 0.3) is 5.91 Å². The molecular formula is C16H12ClFN4O. The number of carbonyl (C=O) groups is 1. The van der Waals surface area contributed by atoms with Gasteiger partial charge in [0.05, 0.1) is 0 Å². The molecule has 0 spiro atoms. The lowest BCUT2D eigenvalue weighted by Gasteiger charge is -2.08. The van der Waals surface area contributed by atoms with E-state index in [1.165, 1.54) is 24.3 Å². The van der Waals surface area contributed by atoms with Gasteiger partial charge in [0.1, 0.15) is 11.5 Å². The monoisotopic (exact) mass is 330 g/mol. The minimum atomic E-state index is -0.427. The fourth-order valence-electron chi connectivity index (χ4n) is 2.12. The van der Waals surface area contributed by atoms with E-state index in [9.17, 15) is 9.18 Å². The normalized spacial score (nSPS) is 10.6. The van der Waals surface area contributed by atoms with Gasteiger partial charge in [-0.15, -0.1) is 0 Å². The molecule has 0 radical (unpaired) electrons. The summed E-state index contributed by atoms with van der Waals surface area (Å²) in [6.07, 6.45) is 0. The summed E-state index contributed by atoms with van der Waals surface area (Å²) >= 11 is 6.04. The standard InChI is InChI=1S/C16H12ClFN4O/c1-9-12(17)3-2-4-13(9)19-16(23)15-14(20-22-21-15)10-5-7-11(18)8-6-10/h2-8H,1H3,(H,19,23)(H,20,21,22). The van der Waals surface area contributed by atoms with Crippen molar-refractivity contribution in [2.75, 3.05) is 5.32 Å². The van der Waals surface area contributed by atoms with Crippen LogP contribution < -0.4 is 5.32 Å². The number of carbonyl (C=O) groups excluding carboxylic acids is 1. The summed E-state index contributed by atoms with van der Waals surface area (Å²) in [6, 6.07) is 10.9. The molecule has 0 aliphatic heterocycles. The molecule has 0 bridgehead atoms. The Morgan fingerprint density at radius 1 is 1.17 bits per heavy atom. The van der Waals surface area contributed by atoms with E-state index in [2.05, 4.69) is 20.7 Å². The van der Waals surface area contributed by atoms with E-state index in [0.717, 1.165) is 5.56 Å². The third-order valence-electron chi connectivity index (χ3n) is 3.40. The van der Waals surface area contributed by atoms with Crippen LogP contribution in [0.15, 0.2) is 42.5 Å². The highest BCUT2D eigenvalue weighted by atomic mass is 35.5. The third kappa shape index (κ3) is 3.07. The van der Waals surface area contributed by atoms with Gasteiger partial charge in [-0.25, -0.2) is 4.39 Å². The van der Waals surface area contributed by atoms with E-state index in [-0.39, 0.29) is 11.5 Å². The summed E-state index contributed by atoms with van der Waals surface area (Å²) in [5.74, 6) is -0.791. The van der Waals surface area contributed by atoms with Crippen LogP contribution in [0.5, 0.6) is 0 Å². The lowest BCUT2D eigenvalue weighted by atomic mass is 10.1. The van der Waals surface area contributed by atoms with Crippen LogP contribution in [0.25, 0.3) is 11.3 Å². The molecule has 7 heteroatoms. The van der Waals surface area contributed by atoms with Crippen LogP contribution in [0.1, 0.15) is 16.1 Å². The minimum absolute atomic E-state index is 0.121. The zero-order valence-electron chi connectivity index (χ0n) is 12.1. The smallest absolute Gasteiger partial charge is 0.278 e. The Balaban J connectivity index is 1.91. The average molecular weight is 331 g/mol. The van der Waals surface area contributed by atoms with Gasteiger partial charge in [-0.1, -0.05) is 17.7 Å². The number of benzene rings is 2. The lowest BCUT2D eigenvalue weighted by molar-refractivity contribution is 0.102. The number of hydrogen-bond donors (Lipinski definition) is 2. The number of nitrogens with zero attached hydrogens (tertiary/aromatic N) is 2. The average Bonchev–Trinajstić information content (AvgIpc) is 3.02. The maximum atomic E-state index is 13.0. The van der Waals surface area contributed by atoms with Crippen LogP contribution in [0.4, 0.5) is 10.1 Å². The molecule has 3 aromatic rings. The molecular weight excluding hydrogens is 319 g/mol. The first-order valence-corrected chi connectivity index (χ1v) is 7.17. The number of anilines is 1. The summed E-state index contributed by atoms with van der Waals surface area (Å²) in [5, 5.41) is 13.6. The zero-order valence-corrected chi connectivity index (χ0v) is 12.9. The first-order valence-electron chi connectivity index (χ1n) is 6.79. The molecule has 1 amide bonds. The van der Waals surface area contributed by atoms with Crippen molar-refractivity contribution in [2.45, 2.75) is 6.92 Å². The Hall–Kier alpha value is -2.73. The van der Waals surface area contributed by atoms with E-state index >= 15 is 0 Å². The molecule has 0 unspecified atom stereocenters. The molecule has 3 rings (SSSR count). The molecule has 23 heavy (non-hydrogen) atoms. The summed E-state index contributed by atoms with van der Waals surface area (Å²) in [4.78, 5) is 12.4. The van der Waals surface area contributed by atoms with E-state index in [1.54, 1.807) is 18.2 Å². The molecule has 0 fully saturated rings. The fourth-order valence-corrected chi connectivity index (χ4v) is 2.30. The quantitative estimate of drug-likeness (QED) is 0.766. The molecule has 0 atom stereocenters. The number of aromatic amines is 1. The number of nitrogens with one attached hydrogen (secondary N) is 2. The van der Waals surface area contributed by atoms with Crippen molar-refractivity contribution in [3.05, 3.63) is 64.6 Å². The van der Waals surface area contributed by atoms with E-state index in [0.29, 0.717) is 22.0 Å². The van der Waals surface area contributed by atoms with Crippen molar-refractivity contribution in [2.24, 2.45) is 0 Å². The van der Waals surface area contributed by atoms with Gasteiger partial charge in [-0.05, 0) is 48.9 Å². The van der Waals surface area contributed by atoms with Gasteiger partial charge in [0.15, 0.2) is 5.69 Å². The first kappa shape index (κ1) is 15.2. The van der Waals surface area contributed by atoms with Crippen molar-refractivity contribution in [1.82, 2.24) is 15.4 Å². The summed E-state index contributed by atoms with van der Waals surface area (Å²) in [7, 11) is 0. The molecule has 0 aliphatic rings. The topological polar surface area (TPSA) is 70.7 Å². The van der Waals surface area contributed by atoms with Crippen molar-refractivity contribution < 1.29 is 9.18 Å². The molecule has 5 nitrogen and oxygen atoms in total. The van der Waals surface area contributed by atoms with Gasteiger partial charge in [-0.2, -0.15) is 15.4 Å². The van der Waals surface area contributed by atoms with Crippen LogP contribution in [-0.4, -0.2) is 21.3 Å². The summed E-state index contributed by atoms with van der Waals surface area (Å²) < 4.78 is 13.0. The number of rotatable bonds is 3. The van der Waals surface area contributed by atoms with Gasteiger partial charge in [-0.3, -0.25) is 4.79 Å². The second kappa shape index (κ2) is 6.18. The fraction of sp³-hybridized carbons (Fsp3) is 0.0625. The van der Waals surface area contributed by atoms with Crippen molar-refractivity contribution in [3.63, 3.8) is 0 Å². The molecule has 2 N–H and O–H groups in total.